The van der Waals surface area contributed by atoms with Crippen LogP contribution in [0.1, 0.15) is 24.8 Å². The molecule has 0 fully saturated rings. The van der Waals surface area contributed by atoms with Gasteiger partial charge < -0.3 is 9.52 Å². The van der Waals surface area contributed by atoms with Crippen LogP contribution in [0.25, 0.3) is 11.5 Å². The first-order valence-corrected chi connectivity index (χ1v) is 7.39. The third kappa shape index (κ3) is 3.60. The minimum absolute atomic E-state index is 0.406. The zero-order chi connectivity index (χ0) is 14.5. The standard InChI is InChI=1S/C14H16N2O3S/c1-3-11(14(17)18)20-8-12-15-16-13(19-12)10-6-4-9(2)5-7-10/h4-7,11H,3,8H2,1-2H3,(H,17,18). The molecule has 5 nitrogen and oxygen atoms in total. The zero-order valence-corrected chi connectivity index (χ0v) is 12.2. The lowest BCUT2D eigenvalue weighted by molar-refractivity contribution is -0.136. The molecule has 0 amide bonds. The second-order valence-electron chi connectivity index (χ2n) is 4.41. The number of benzene rings is 1. The molecule has 1 heterocycles. The normalized spacial score (nSPS) is 12.3. The van der Waals surface area contributed by atoms with Gasteiger partial charge in [-0.1, -0.05) is 24.6 Å². The Morgan fingerprint density at radius 1 is 1.35 bits per heavy atom. The molecule has 1 atom stereocenters. The summed E-state index contributed by atoms with van der Waals surface area (Å²) in [5.74, 6) is 0.508. The van der Waals surface area contributed by atoms with Gasteiger partial charge in [0, 0.05) is 5.56 Å². The number of thioether (sulfide) groups is 1. The minimum atomic E-state index is -0.809. The van der Waals surface area contributed by atoms with Gasteiger partial charge in [-0.25, -0.2) is 0 Å². The molecule has 2 aromatic rings. The van der Waals surface area contributed by atoms with Crippen LogP contribution in [0.5, 0.6) is 0 Å². The summed E-state index contributed by atoms with van der Waals surface area (Å²) >= 11 is 1.30. The Morgan fingerprint density at radius 3 is 2.65 bits per heavy atom. The van der Waals surface area contributed by atoms with Crippen molar-refractivity contribution in [2.45, 2.75) is 31.3 Å². The Labute approximate surface area is 121 Å². The molecule has 6 heteroatoms. The third-order valence-corrected chi connectivity index (χ3v) is 4.17. The summed E-state index contributed by atoms with van der Waals surface area (Å²) in [4.78, 5) is 10.9. The number of rotatable bonds is 6. The number of aliphatic carboxylic acids is 1. The van der Waals surface area contributed by atoms with Crippen molar-refractivity contribution in [2.24, 2.45) is 0 Å². The minimum Gasteiger partial charge on any atom is -0.480 e. The Morgan fingerprint density at radius 2 is 2.05 bits per heavy atom. The van der Waals surface area contributed by atoms with Gasteiger partial charge in [0.15, 0.2) is 0 Å². The van der Waals surface area contributed by atoms with Crippen molar-refractivity contribution in [2.75, 3.05) is 0 Å². The highest BCUT2D eigenvalue weighted by Crippen LogP contribution is 2.23. The van der Waals surface area contributed by atoms with Crippen molar-refractivity contribution in [3.63, 3.8) is 0 Å². The monoisotopic (exact) mass is 292 g/mol. The number of aryl methyl sites for hydroxylation is 1. The van der Waals surface area contributed by atoms with Crippen molar-refractivity contribution in [1.82, 2.24) is 10.2 Å². The maximum absolute atomic E-state index is 10.9. The summed E-state index contributed by atoms with van der Waals surface area (Å²) in [6, 6.07) is 7.80. The maximum Gasteiger partial charge on any atom is 0.316 e. The summed E-state index contributed by atoms with van der Waals surface area (Å²) in [7, 11) is 0. The zero-order valence-electron chi connectivity index (χ0n) is 11.4. The molecule has 0 saturated heterocycles. The number of hydrogen-bond donors (Lipinski definition) is 1. The molecule has 0 aliphatic carbocycles. The molecular formula is C14H16N2O3S. The molecule has 0 radical (unpaired) electrons. The summed E-state index contributed by atoms with van der Waals surface area (Å²) < 4.78 is 5.55. The van der Waals surface area contributed by atoms with Gasteiger partial charge in [-0.05, 0) is 25.5 Å². The molecule has 0 bridgehead atoms. The Balaban J connectivity index is 2.02. The number of hydrogen-bond acceptors (Lipinski definition) is 5. The van der Waals surface area contributed by atoms with Crippen LogP contribution in [0.2, 0.25) is 0 Å². The van der Waals surface area contributed by atoms with Crippen molar-refractivity contribution < 1.29 is 14.3 Å². The molecule has 2 rings (SSSR count). The van der Waals surface area contributed by atoms with Crippen LogP contribution in [0.15, 0.2) is 28.7 Å². The third-order valence-electron chi connectivity index (χ3n) is 2.82. The molecule has 0 aliphatic rings. The first-order chi connectivity index (χ1) is 9.60. The molecule has 1 unspecified atom stereocenters. The summed E-state index contributed by atoms with van der Waals surface area (Å²) in [6.07, 6.45) is 0.568. The topological polar surface area (TPSA) is 76.2 Å². The average Bonchev–Trinajstić information content (AvgIpc) is 2.89. The highest BCUT2D eigenvalue weighted by molar-refractivity contribution is 7.99. The molecule has 0 saturated carbocycles. The van der Waals surface area contributed by atoms with E-state index in [0.717, 1.165) is 11.1 Å². The van der Waals surface area contributed by atoms with E-state index in [1.807, 2.05) is 38.1 Å². The van der Waals surface area contributed by atoms with Crippen molar-refractivity contribution in [3.05, 3.63) is 35.7 Å². The lowest BCUT2D eigenvalue weighted by atomic mass is 10.1. The van der Waals surface area contributed by atoms with E-state index < -0.39 is 11.2 Å². The molecule has 20 heavy (non-hydrogen) atoms. The number of nitrogens with zero attached hydrogens (tertiary/aromatic N) is 2. The van der Waals surface area contributed by atoms with E-state index in [0.29, 0.717) is 24.0 Å². The molecule has 1 aromatic carbocycles. The number of carboxylic acids is 1. The second kappa shape index (κ2) is 6.56. The van der Waals surface area contributed by atoms with Gasteiger partial charge in [0.2, 0.25) is 11.8 Å². The van der Waals surface area contributed by atoms with Gasteiger partial charge in [-0.3, -0.25) is 4.79 Å². The van der Waals surface area contributed by atoms with E-state index in [4.69, 9.17) is 9.52 Å². The Bertz CT molecular complexity index is 580. The second-order valence-corrected chi connectivity index (χ2v) is 5.60. The van der Waals surface area contributed by atoms with E-state index in [9.17, 15) is 4.79 Å². The smallest absolute Gasteiger partial charge is 0.316 e. The van der Waals surface area contributed by atoms with Gasteiger partial charge in [0.1, 0.15) is 5.25 Å². The maximum atomic E-state index is 10.9. The fourth-order valence-corrected chi connectivity index (χ4v) is 2.50. The first-order valence-electron chi connectivity index (χ1n) is 6.34. The van der Waals surface area contributed by atoms with Gasteiger partial charge in [-0.2, -0.15) is 0 Å². The first kappa shape index (κ1) is 14.6. The predicted molar refractivity (Wildman–Crippen MR) is 77.5 cm³/mol. The number of carbonyl (C=O) groups is 1. The highest BCUT2D eigenvalue weighted by Gasteiger charge is 2.17. The van der Waals surface area contributed by atoms with Gasteiger partial charge in [0.25, 0.3) is 0 Å². The largest absolute Gasteiger partial charge is 0.480 e. The lowest BCUT2D eigenvalue weighted by Gasteiger charge is -2.06. The summed E-state index contributed by atoms with van der Waals surface area (Å²) in [6.45, 7) is 3.85. The average molecular weight is 292 g/mol. The highest BCUT2D eigenvalue weighted by atomic mass is 32.2. The number of carboxylic acid groups (broad SMARTS) is 1. The quantitative estimate of drug-likeness (QED) is 0.881. The van der Waals surface area contributed by atoms with Crippen LogP contribution < -0.4 is 0 Å². The fraction of sp³-hybridized carbons (Fsp3) is 0.357. The summed E-state index contributed by atoms with van der Waals surface area (Å²) in [5, 5.41) is 16.5. The van der Waals surface area contributed by atoms with Crippen molar-refractivity contribution >= 4 is 17.7 Å². The molecule has 106 valence electrons. The van der Waals surface area contributed by atoms with E-state index in [2.05, 4.69) is 10.2 Å². The van der Waals surface area contributed by atoms with Crippen LogP contribution in [0.3, 0.4) is 0 Å². The van der Waals surface area contributed by atoms with E-state index >= 15 is 0 Å². The van der Waals surface area contributed by atoms with E-state index in [-0.39, 0.29) is 0 Å². The summed E-state index contributed by atoms with van der Waals surface area (Å²) in [5.41, 5.74) is 2.03. The molecule has 0 spiro atoms. The Hall–Kier alpha value is -1.82. The molecular weight excluding hydrogens is 276 g/mol. The van der Waals surface area contributed by atoms with Crippen molar-refractivity contribution in [1.29, 1.82) is 0 Å². The van der Waals surface area contributed by atoms with E-state index in [1.165, 1.54) is 11.8 Å². The van der Waals surface area contributed by atoms with Gasteiger partial charge in [0.05, 0.1) is 5.75 Å². The van der Waals surface area contributed by atoms with Crippen LogP contribution in [-0.4, -0.2) is 26.5 Å². The van der Waals surface area contributed by atoms with Gasteiger partial charge >= 0.3 is 5.97 Å². The molecule has 1 aromatic heterocycles. The Kier molecular flexibility index (Phi) is 4.79. The SMILES string of the molecule is CCC(SCc1nnc(-c2ccc(C)cc2)o1)C(=O)O. The lowest BCUT2D eigenvalue weighted by Crippen LogP contribution is -2.15. The predicted octanol–water partition coefficient (Wildman–Crippen LogP) is 3.14. The van der Waals surface area contributed by atoms with Crippen molar-refractivity contribution in [3.8, 4) is 11.5 Å². The van der Waals surface area contributed by atoms with Crippen LogP contribution in [-0.2, 0) is 10.5 Å². The van der Waals surface area contributed by atoms with E-state index in [1.54, 1.807) is 0 Å². The van der Waals surface area contributed by atoms with Crippen LogP contribution >= 0.6 is 11.8 Å². The van der Waals surface area contributed by atoms with Crippen LogP contribution in [0, 0.1) is 6.92 Å². The number of aromatic nitrogens is 2. The molecule has 1 N–H and O–H groups in total. The molecule has 0 aliphatic heterocycles. The van der Waals surface area contributed by atoms with Crippen LogP contribution in [0.4, 0.5) is 0 Å². The fourth-order valence-electron chi connectivity index (χ4n) is 1.66. The van der Waals surface area contributed by atoms with Gasteiger partial charge in [-0.15, -0.1) is 22.0 Å².